The number of amides is 2. The molecule has 3 rings (SSSR count). The first-order valence-corrected chi connectivity index (χ1v) is 9.61. The number of methoxy groups -OCH3 is 1. The molecule has 0 unspecified atom stereocenters. The molecular formula is C16H18N4O5S. The lowest BCUT2D eigenvalue weighted by molar-refractivity contribution is 0.251. The highest BCUT2D eigenvalue weighted by Gasteiger charge is 2.23. The van der Waals surface area contributed by atoms with Crippen LogP contribution >= 0.6 is 0 Å². The molecule has 1 aliphatic rings. The predicted molar refractivity (Wildman–Crippen MR) is 94.5 cm³/mol. The van der Waals surface area contributed by atoms with Crippen molar-refractivity contribution in [3.05, 3.63) is 35.6 Å². The van der Waals surface area contributed by atoms with Crippen LogP contribution in [0.3, 0.4) is 0 Å². The lowest BCUT2D eigenvalue weighted by Gasteiger charge is -2.14. The molecule has 1 aliphatic heterocycles. The number of hydrogen-bond acceptors (Lipinski definition) is 7. The zero-order valence-corrected chi connectivity index (χ0v) is 15.0. The van der Waals surface area contributed by atoms with Gasteiger partial charge in [-0.05, 0) is 24.3 Å². The third-order valence-corrected chi connectivity index (χ3v) is 5.11. The highest BCUT2D eigenvalue weighted by Crippen LogP contribution is 2.30. The molecule has 2 amide bonds. The highest BCUT2D eigenvalue weighted by molar-refractivity contribution is 7.94. The van der Waals surface area contributed by atoms with Gasteiger partial charge < -0.3 is 19.8 Å². The number of benzene rings is 1. The van der Waals surface area contributed by atoms with Crippen molar-refractivity contribution in [3.8, 4) is 17.2 Å². The van der Waals surface area contributed by atoms with Gasteiger partial charge in [0.25, 0.3) is 0 Å². The van der Waals surface area contributed by atoms with Gasteiger partial charge in [-0.2, -0.15) is 0 Å². The van der Waals surface area contributed by atoms with Crippen molar-refractivity contribution in [2.45, 2.75) is 19.4 Å². The Kier molecular flexibility index (Phi) is 4.94. The molecule has 1 aromatic carbocycles. The molecule has 138 valence electrons. The summed E-state index contributed by atoms with van der Waals surface area (Å²) in [7, 11) is -1.77. The second kappa shape index (κ2) is 7.16. The topological polar surface area (TPSA) is 123 Å². The van der Waals surface area contributed by atoms with Gasteiger partial charge in [0.05, 0.1) is 24.6 Å². The minimum atomic E-state index is -3.25. The van der Waals surface area contributed by atoms with Gasteiger partial charge >= 0.3 is 6.03 Å². The molecule has 2 heterocycles. The molecule has 26 heavy (non-hydrogen) atoms. The fourth-order valence-corrected chi connectivity index (χ4v) is 3.68. The van der Waals surface area contributed by atoms with Crippen LogP contribution in [0.2, 0.25) is 0 Å². The van der Waals surface area contributed by atoms with Crippen LogP contribution in [0.1, 0.15) is 12.8 Å². The van der Waals surface area contributed by atoms with E-state index in [9.17, 15) is 13.2 Å². The first kappa shape index (κ1) is 17.9. The van der Waals surface area contributed by atoms with Gasteiger partial charge in [-0.3, -0.25) is 0 Å². The zero-order valence-electron chi connectivity index (χ0n) is 14.2. The monoisotopic (exact) mass is 378 g/mol. The first-order valence-electron chi connectivity index (χ1n) is 7.89. The van der Waals surface area contributed by atoms with Gasteiger partial charge in [0.1, 0.15) is 5.75 Å². The predicted octanol–water partition coefficient (Wildman–Crippen LogP) is 1.74. The highest BCUT2D eigenvalue weighted by atomic mass is 32.2. The average molecular weight is 378 g/mol. The Morgan fingerprint density at radius 2 is 2.19 bits per heavy atom. The van der Waals surface area contributed by atoms with Crippen molar-refractivity contribution in [2.75, 3.05) is 18.2 Å². The number of ether oxygens (including phenoxy) is 1. The Morgan fingerprint density at radius 1 is 1.38 bits per heavy atom. The second-order valence-corrected chi connectivity index (χ2v) is 7.56. The maximum Gasteiger partial charge on any atom is 0.319 e. The summed E-state index contributed by atoms with van der Waals surface area (Å²) in [5.74, 6) is 1.13. The number of aryl methyl sites for hydroxylation is 1. The van der Waals surface area contributed by atoms with Crippen LogP contribution in [0, 0.1) is 0 Å². The number of nitrogens with zero attached hydrogens (tertiary/aromatic N) is 2. The Morgan fingerprint density at radius 3 is 2.81 bits per heavy atom. The summed E-state index contributed by atoms with van der Waals surface area (Å²) in [6.07, 6.45) is 2.06. The lowest BCUT2D eigenvalue weighted by Crippen LogP contribution is -2.38. The van der Waals surface area contributed by atoms with E-state index in [0.717, 1.165) is 5.41 Å². The number of carbonyl (C=O) groups excluding carboxylic acids is 1. The van der Waals surface area contributed by atoms with Crippen LogP contribution in [-0.2, 0) is 16.3 Å². The number of carbonyl (C=O) groups is 1. The smallest absolute Gasteiger partial charge is 0.319 e. The van der Waals surface area contributed by atoms with E-state index in [2.05, 4.69) is 20.8 Å². The average Bonchev–Trinajstić information content (AvgIpc) is 3.21. The summed E-state index contributed by atoms with van der Waals surface area (Å²) in [6, 6.07) is 3.93. The second-order valence-electron chi connectivity index (χ2n) is 5.63. The maximum absolute atomic E-state index is 12.2. The molecule has 1 aromatic heterocycles. The van der Waals surface area contributed by atoms with E-state index in [1.165, 1.54) is 13.2 Å². The Balaban J connectivity index is 1.76. The molecule has 2 N–H and O–H groups in total. The molecule has 10 heteroatoms. The van der Waals surface area contributed by atoms with E-state index >= 15 is 0 Å². The van der Waals surface area contributed by atoms with Crippen molar-refractivity contribution in [1.29, 1.82) is 0 Å². The Labute approximate surface area is 150 Å². The van der Waals surface area contributed by atoms with E-state index in [4.69, 9.17) is 9.15 Å². The number of anilines is 1. The van der Waals surface area contributed by atoms with Crippen molar-refractivity contribution < 1.29 is 22.4 Å². The van der Waals surface area contributed by atoms with Crippen molar-refractivity contribution in [1.82, 2.24) is 15.5 Å². The fraction of sp³-hybridized carbons (Fsp3) is 0.312. The van der Waals surface area contributed by atoms with E-state index in [1.807, 2.05) is 6.92 Å². The largest absolute Gasteiger partial charge is 0.495 e. The summed E-state index contributed by atoms with van der Waals surface area (Å²) in [5, 5.41) is 14.2. The molecule has 0 radical (unpaired) electrons. The molecule has 0 bridgehead atoms. The van der Waals surface area contributed by atoms with Crippen molar-refractivity contribution >= 4 is 21.6 Å². The summed E-state index contributed by atoms with van der Waals surface area (Å²) >= 11 is 0. The van der Waals surface area contributed by atoms with Crippen molar-refractivity contribution in [2.24, 2.45) is 0 Å². The number of aromatic nitrogens is 2. The summed E-state index contributed by atoms with van der Waals surface area (Å²) in [5.41, 5.74) is 1.01. The van der Waals surface area contributed by atoms with Crippen LogP contribution in [0.5, 0.6) is 5.75 Å². The van der Waals surface area contributed by atoms with E-state index in [-0.39, 0.29) is 5.75 Å². The molecule has 0 spiro atoms. The number of sulfone groups is 1. The molecule has 2 aromatic rings. The number of hydrogen-bond donors (Lipinski definition) is 2. The number of nitrogens with one attached hydrogen (secondary N) is 2. The van der Waals surface area contributed by atoms with Gasteiger partial charge in [-0.15, -0.1) is 10.2 Å². The zero-order chi connectivity index (χ0) is 18.7. The summed E-state index contributed by atoms with van der Waals surface area (Å²) < 4.78 is 33.6. The molecule has 0 saturated carbocycles. The van der Waals surface area contributed by atoms with E-state index < -0.39 is 21.9 Å². The molecule has 0 fully saturated rings. The normalized spacial score (nSPS) is 17.8. The first-order chi connectivity index (χ1) is 12.4. The molecular weight excluding hydrogens is 360 g/mol. The molecule has 0 saturated heterocycles. The van der Waals surface area contributed by atoms with Crippen LogP contribution in [0.4, 0.5) is 10.5 Å². The Hall–Kier alpha value is -2.88. The van der Waals surface area contributed by atoms with E-state index in [0.29, 0.717) is 35.2 Å². The van der Waals surface area contributed by atoms with Crippen LogP contribution in [0.25, 0.3) is 11.5 Å². The number of rotatable bonds is 5. The lowest BCUT2D eigenvalue weighted by atomic mass is 10.2. The minimum Gasteiger partial charge on any atom is -0.495 e. The summed E-state index contributed by atoms with van der Waals surface area (Å²) in [4.78, 5) is 12.2. The molecule has 9 nitrogen and oxygen atoms in total. The van der Waals surface area contributed by atoms with Gasteiger partial charge in [0.15, 0.2) is 9.84 Å². The number of urea groups is 1. The third kappa shape index (κ3) is 4.02. The van der Waals surface area contributed by atoms with Crippen LogP contribution in [-0.4, -0.2) is 43.6 Å². The van der Waals surface area contributed by atoms with Gasteiger partial charge in [0.2, 0.25) is 11.8 Å². The fourth-order valence-electron chi connectivity index (χ4n) is 2.44. The molecule has 1 atom stereocenters. The van der Waals surface area contributed by atoms with Gasteiger partial charge in [0, 0.05) is 17.4 Å². The quantitative estimate of drug-likeness (QED) is 0.812. The SMILES string of the molecule is CCc1nnc(-c2ccc(OC)c(NC(=O)N[C@H]3C=CS(=O)(=O)C3)c2)o1. The Bertz CT molecular complexity index is 951. The summed E-state index contributed by atoms with van der Waals surface area (Å²) in [6.45, 7) is 1.90. The van der Waals surface area contributed by atoms with Crippen molar-refractivity contribution in [3.63, 3.8) is 0 Å². The van der Waals surface area contributed by atoms with E-state index in [1.54, 1.807) is 18.2 Å². The van der Waals surface area contributed by atoms with Gasteiger partial charge in [-0.1, -0.05) is 6.92 Å². The van der Waals surface area contributed by atoms with Gasteiger partial charge in [-0.25, -0.2) is 13.2 Å². The third-order valence-electron chi connectivity index (χ3n) is 3.71. The molecule has 0 aliphatic carbocycles. The minimum absolute atomic E-state index is 0.153. The van der Waals surface area contributed by atoms with Crippen LogP contribution in [0.15, 0.2) is 34.1 Å². The standard InChI is InChI=1S/C16H18N4O5S/c1-3-14-19-20-15(25-14)10-4-5-13(24-2)12(8-10)18-16(21)17-11-6-7-26(22,23)9-11/h4-8,11H,3,9H2,1-2H3,(H2,17,18,21)/t11-/m0/s1. The van der Waals surface area contributed by atoms with Crippen LogP contribution < -0.4 is 15.4 Å². The maximum atomic E-state index is 12.2.